The van der Waals surface area contributed by atoms with Crippen LogP contribution in [0.2, 0.25) is 0 Å². The van der Waals surface area contributed by atoms with Crippen LogP contribution < -0.4 is 10.5 Å². The second-order valence-electron chi connectivity index (χ2n) is 7.36. The van der Waals surface area contributed by atoms with Gasteiger partial charge in [0.25, 0.3) is 0 Å². The highest BCUT2D eigenvalue weighted by atomic mass is 32.2. The zero-order valence-electron chi connectivity index (χ0n) is 18.0. The van der Waals surface area contributed by atoms with Crippen molar-refractivity contribution in [1.82, 2.24) is 9.55 Å². The molecule has 2 aromatic heterocycles. The van der Waals surface area contributed by atoms with Gasteiger partial charge in [0.2, 0.25) is 0 Å². The van der Waals surface area contributed by atoms with Crippen LogP contribution in [-0.2, 0) is 0 Å². The third kappa shape index (κ3) is 3.36. The Hall–Kier alpha value is -2.91. The molecule has 0 spiro atoms. The minimum atomic E-state index is 0.422. The number of nitriles is 1. The average Bonchev–Trinajstić information content (AvgIpc) is 2.95. The van der Waals surface area contributed by atoms with Gasteiger partial charge in [0.1, 0.15) is 23.2 Å². The van der Waals surface area contributed by atoms with E-state index in [2.05, 4.69) is 31.8 Å². The molecule has 0 bridgehead atoms. The first-order chi connectivity index (χ1) is 13.7. The van der Waals surface area contributed by atoms with Crippen molar-refractivity contribution in [3.8, 4) is 17.5 Å². The van der Waals surface area contributed by atoms with Crippen molar-refractivity contribution in [3.63, 3.8) is 0 Å². The fraction of sp³-hybridized carbons (Fsp3) is 0.304. The van der Waals surface area contributed by atoms with Gasteiger partial charge in [-0.3, -0.25) is 9.55 Å². The Balaban J connectivity index is 2.52. The van der Waals surface area contributed by atoms with E-state index in [0.717, 1.165) is 44.1 Å². The largest absolute Gasteiger partial charge is 0.496 e. The van der Waals surface area contributed by atoms with Gasteiger partial charge in [-0.1, -0.05) is 23.4 Å². The summed E-state index contributed by atoms with van der Waals surface area (Å²) in [5.74, 6) is 1.21. The van der Waals surface area contributed by atoms with Crippen molar-refractivity contribution in [2.45, 2.75) is 46.4 Å². The quantitative estimate of drug-likeness (QED) is 0.553. The van der Waals surface area contributed by atoms with E-state index < -0.39 is 0 Å². The predicted octanol–water partition coefficient (Wildman–Crippen LogP) is 5.82. The van der Waals surface area contributed by atoms with E-state index in [1.165, 1.54) is 10.5 Å². The Labute approximate surface area is 176 Å². The van der Waals surface area contributed by atoms with Crippen LogP contribution >= 0.6 is 11.8 Å². The monoisotopic (exact) mass is 406 g/mol. The Bertz CT molecular complexity index is 1190. The fourth-order valence-electron chi connectivity index (χ4n) is 3.46. The van der Waals surface area contributed by atoms with Gasteiger partial charge in [0.15, 0.2) is 0 Å². The topological polar surface area (TPSA) is 76.9 Å². The standard InChI is InChI=1S/C23H26N4OS/c1-12(2)16(6)29-22-15(5)26-11-18-17(10-24)23(25)27(21(18)22)20-13(3)8-9-19(28-7)14(20)4/h8-9,11H,25H2,1-7H3. The molecule has 0 atom stereocenters. The molecule has 2 N–H and O–H groups in total. The van der Waals surface area contributed by atoms with Crippen LogP contribution in [0.5, 0.6) is 5.75 Å². The maximum Gasteiger partial charge on any atom is 0.127 e. The number of nitrogens with zero attached hydrogens (tertiary/aromatic N) is 3. The number of nitrogens with two attached hydrogens (primary N) is 1. The molecule has 0 radical (unpaired) electrons. The fourth-order valence-corrected chi connectivity index (χ4v) is 4.47. The van der Waals surface area contributed by atoms with Crippen molar-refractivity contribution in [3.05, 3.63) is 51.2 Å². The lowest BCUT2D eigenvalue weighted by molar-refractivity contribution is 0.411. The lowest BCUT2D eigenvalue weighted by Crippen LogP contribution is -2.07. The van der Waals surface area contributed by atoms with E-state index in [0.29, 0.717) is 11.4 Å². The molecule has 0 amide bonds. The molecule has 0 aliphatic carbocycles. The molecule has 0 saturated carbocycles. The molecular formula is C23H26N4OS. The van der Waals surface area contributed by atoms with Crippen molar-refractivity contribution in [2.75, 3.05) is 12.8 Å². The number of benzene rings is 1. The SMILES string of the molecule is COc1ccc(C)c(-n2c(N)c(C#N)c3cnc(C)c(SC(C)=C(C)C)c32)c1C. The first-order valence-corrected chi connectivity index (χ1v) is 10.2. The smallest absolute Gasteiger partial charge is 0.127 e. The van der Waals surface area contributed by atoms with Gasteiger partial charge in [-0.15, -0.1) is 0 Å². The minimum absolute atomic E-state index is 0.422. The first-order valence-electron chi connectivity index (χ1n) is 9.38. The highest BCUT2D eigenvalue weighted by molar-refractivity contribution is 8.03. The highest BCUT2D eigenvalue weighted by Crippen LogP contribution is 2.42. The summed E-state index contributed by atoms with van der Waals surface area (Å²) in [5.41, 5.74) is 13.0. The van der Waals surface area contributed by atoms with Gasteiger partial charge in [-0.25, -0.2) is 0 Å². The first kappa shape index (κ1) is 20.8. The van der Waals surface area contributed by atoms with E-state index in [-0.39, 0.29) is 0 Å². The molecule has 0 unspecified atom stereocenters. The number of aromatic nitrogens is 2. The number of fused-ring (bicyclic) bond motifs is 1. The molecule has 150 valence electrons. The van der Waals surface area contributed by atoms with Crippen molar-refractivity contribution < 1.29 is 4.74 Å². The summed E-state index contributed by atoms with van der Waals surface area (Å²) in [4.78, 5) is 6.78. The third-order valence-corrected chi connectivity index (χ3v) is 6.68. The van der Waals surface area contributed by atoms with Gasteiger partial charge in [0.05, 0.1) is 28.9 Å². The second-order valence-corrected chi connectivity index (χ2v) is 8.58. The number of allylic oxidation sites excluding steroid dienone is 2. The Morgan fingerprint density at radius 3 is 2.48 bits per heavy atom. The van der Waals surface area contributed by atoms with Gasteiger partial charge >= 0.3 is 0 Å². The van der Waals surface area contributed by atoms with Gasteiger partial charge in [0, 0.05) is 17.1 Å². The van der Waals surface area contributed by atoms with Crippen LogP contribution in [0.1, 0.15) is 43.2 Å². The molecule has 3 rings (SSSR count). The van der Waals surface area contributed by atoms with Crippen LogP contribution in [0.3, 0.4) is 0 Å². The number of hydrogen-bond acceptors (Lipinski definition) is 5. The molecule has 0 fully saturated rings. The molecule has 0 aliphatic rings. The van der Waals surface area contributed by atoms with E-state index >= 15 is 0 Å². The lowest BCUT2D eigenvalue weighted by Gasteiger charge is -2.19. The van der Waals surface area contributed by atoms with Crippen LogP contribution in [0.4, 0.5) is 5.82 Å². The Morgan fingerprint density at radius 1 is 1.21 bits per heavy atom. The summed E-state index contributed by atoms with van der Waals surface area (Å²) in [6, 6.07) is 6.25. The van der Waals surface area contributed by atoms with Gasteiger partial charge in [-0.05, 0) is 58.1 Å². The van der Waals surface area contributed by atoms with Crippen LogP contribution in [-0.4, -0.2) is 16.7 Å². The third-order valence-electron chi connectivity index (χ3n) is 5.27. The molecular weight excluding hydrogens is 380 g/mol. The predicted molar refractivity (Wildman–Crippen MR) is 121 cm³/mol. The molecule has 3 aromatic rings. The molecule has 5 nitrogen and oxygen atoms in total. The van der Waals surface area contributed by atoms with Crippen molar-refractivity contribution in [1.29, 1.82) is 5.26 Å². The maximum atomic E-state index is 9.83. The number of ether oxygens (including phenoxy) is 1. The van der Waals surface area contributed by atoms with E-state index in [9.17, 15) is 5.26 Å². The summed E-state index contributed by atoms with van der Waals surface area (Å²) in [7, 11) is 1.66. The minimum Gasteiger partial charge on any atom is -0.496 e. The van der Waals surface area contributed by atoms with Crippen LogP contribution in [0.25, 0.3) is 16.6 Å². The zero-order valence-corrected chi connectivity index (χ0v) is 18.8. The number of anilines is 1. The molecule has 1 aromatic carbocycles. The van der Waals surface area contributed by atoms with Gasteiger partial charge < -0.3 is 10.5 Å². The summed E-state index contributed by atoms with van der Waals surface area (Å²) < 4.78 is 7.55. The van der Waals surface area contributed by atoms with Crippen molar-refractivity contribution in [2.24, 2.45) is 0 Å². The number of methoxy groups -OCH3 is 1. The maximum absolute atomic E-state index is 9.83. The highest BCUT2D eigenvalue weighted by Gasteiger charge is 2.24. The summed E-state index contributed by atoms with van der Waals surface area (Å²) in [6.07, 6.45) is 1.75. The number of nitrogen functional groups attached to an aromatic ring is 1. The summed E-state index contributed by atoms with van der Waals surface area (Å²) in [5, 5.41) is 10.6. The molecule has 2 heterocycles. The Morgan fingerprint density at radius 2 is 1.90 bits per heavy atom. The van der Waals surface area contributed by atoms with Crippen LogP contribution in [0.15, 0.2) is 33.7 Å². The zero-order chi connectivity index (χ0) is 21.5. The number of pyridine rings is 1. The molecule has 29 heavy (non-hydrogen) atoms. The van der Waals surface area contributed by atoms with Gasteiger partial charge in [-0.2, -0.15) is 5.26 Å². The molecule has 6 heteroatoms. The number of thioether (sulfide) groups is 1. The summed E-state index contributed by atoms with van der Waals surface area (Å²) in [6.45, 7) is 12.3. The van der Waals surface area contributed by atoms with Crippen LogP contribution in [0, 0.1) is 32.1 Å². The summed E-state index contributed by atoms with van der Waals surface area (Å²) >= 11 is 1.67. The number of hydrogen-bond donors (Lipinski definition) is 1. The van der Waals surface area contributed by atoms with E-state index in [4.69, 9.17) is 10.5 Å². The Kier molecular flexibility index (Phi) is 5.63. The average molecular weight is 407 g/mol. The van der Waals surface area contributed by atoms with E-state index in [1.54, 1.807) is 25.1 Å². The number of rotatable bonds is 4. The van der Waals surface area contributed by atoms with E-state index in [1.807, 2.05) is 37.5 Å². The molecule has 0 saturated heterocycles. The lowest BCUT2D eigenvalue weighted by atomic mass is 10.1. The second kappa shape index (κ2) is 7.84. The number of aryl methyl sites for hydroxylation is 2. The van der Waals surface area contributed by atoms with Crippen molar-refractivity contribution >= 4 is 28.5 Å². The molecule has 0 aliphatic heterocycles. The normalized spacial score (nSPS) is 10.8.